The molecule has 168 valence electrons. The van der Waals surface area contributed by atoms with Crippen LogP contribution < -0.4 is 0 Å². The molecule has 0 aliphatic heterocycles. The fourth-order valence-electron chi connectivity index (χ4n) is 5.36. The molecule has 2 heteroatoms. The summed E-state index contributed by atoms with van der Waals surface area (Å²) in [6.45, 7) is 14.2. The third-order valence-electron chi connectivity index (χ3n) is 7.40. The van der Waals surface area contributed by atoms with Crippen molar-refractivity contribution in [2.45, 2.75) is 84.7 Å². The Morgan fingerprint density at radius 1 is 0.935 bits per heavy atom. The van der Waals surface area contributed by atoms with Gasteiger partial charge in [-0.05, 0) is 0 Å². The van der Waals surface area contributed by atoms with Gasteiger partial charge in [0.1, 0.15) is 0 Å². The third-order valence-corrected chi connectivity index (χ3v) is 7.81. The van der Waals surface area contributed by atoms with Crippen molar-refractivity contribution in [1.82, 2.24) is 0 Å². The molecule has 31 heavy (non-hydrogen) atoms. The van der Waals surface area contributed by atoms with Gasteiger partial charge in [0.15, 0.2) is 0 Å². The monoisotopic (exact) mass is 456 g/mol. The van der Waals surface area contributed by atoms with E-state index in [9.17, 15) is 0 Å². The topological polar surface area (TPSA) is 9.23 Å². The second-order valence-electron chi connectivity index (χ2n) is 11.2. The van der Waals surface area contributed by atoms with Gasteiger partial charge in [-0.2, -0.15) is 0 Å². The fraction of sp³-hybridized carbons (Fsp3) is 0.552. The SMILES string of the molecule is C[C@@H]1CC[C@@H](C(C)(C)c2ccccc2)[C@H](O[C](=[Cr])C[C@@H](c2ccccc2)C(C)(C)C)C1. The molecule has 0 spiro atoms. The maximum atomic E-state index is 6.79. The Bertz CT molecular complexity index is 834. The van der Waals surface area contributed by atoms with E-state index in [2.05, 4.69) is 118 Å². The second kappa shape index (κ2) is 10.2. The molecule has 1 aliphatic rings. The summed E-state index contributed by atoms with van der Waals surface area (Å²) in [5, 5.41) is 0. The zero-order valence-electron chi connectivity index (χ0n) is 20.2. The molecule has 0 heterocycles. The number of hydrogen-bond donors (Lipinski definition) is 0. The van der Waals surface area contributed by atoms with E-state index in [-0.39, 0.29) is 16.9 Å². The van der Waals surface area contributed by atoms with Crippen LogP contribution in [0.2, 0.25) is 0 Å². The van der Waals surface area contributed by atoms with Gasteiger partial charge in [-0.25, -0.2) is 0 Å². The average molecular weight is 457 g/mol. The van der Waals surface area contributed by atoms with Crippen molar-refractivity contribution in [2.24, 2.45) is 17.3 Å². The molecule has 2 aromatic rings. The molecule has 1 saturated carbocycles. The van der Waals surface area contributed by atoms with Gasteiger partial charge in [0.25, 0.3) is 0 Å². The van der Waals surface area contributed by atoms with Gasteiger partial charge in [-0.3, -0.25) is 0 Å². The first kappa shape index (κ1) is 24.4. The molecule has 0 saturated heterocycles. The normalized spacial score (nSPS) is 23.4. The van der Waals surface area contributed by atoms with Crippen molar-refractivity contribution in [3.63, 3.8) is 0 Å². The predicted molar refractivity (Wildman–Crippen MR) is 129 cm³/mol. The van der Waals surface area contributed by atoms with E-state index in [0.29, 0.717) is 17.8 Å². The molecule has 1 aliphatic carbocycles. The molecule has 4 atom stereocenters. The molecular formula is C29H40CrO. The molecule has 0 bridgehead atoms. The van der Waals surface area contributed by atoms with Crippen LogP contribution in [0.1, 0.15) is 84.3 Å². The zero-order valence-corrected chi connectivity index (χ0v) is 21.5. The van der Waals surface area contributed by atoms with E-state index in [0.717, 1.165) is 17.4 Å². The molecule has 3 rings (SSSR count). The predicted octanol–water partition coefficient (Wildman–Crippen LogP) is 7.68. The summed E-state index contributed by atoms with van der Waals surface area (Å²) in [5.41, 5.74) is 3.07. The summed E-state index contributed by atoms with van der Waals surface area (Å²) in [4.78, 5) is 0. The van der Waals surface area contributed by atoms with Crippen LogP contribution in [0.25, 0.3) is 0 Å². The van der Waals surface area contributed by atoms with Gasteiger partial charge in [-0.15, -0.1) is 0 Å². The first-order chi connectivity index (χ1) is 14.6. The Balaban J connectivity index is 1.78. The van der Waals surface area contributed by atoms with E-state index in [1.165, 1.54) is 24.0 Å². The van der Waals surface area contributed by atoms with Gasteiger partial charge < -0.3 is 0 Å². The van der Waals surface area contributed by atoms with Crippen LogP contribution in [0.15, 0.2) is 60.7 Å². The van der Waals surface area contributed by atoms with Gasteiger partial charge >= 0.3 is 199 Å². The van der Waals surface area contributed by atoms with E-state index in [1.807, 2.05) is 0 Å². The molecular weight excluding hydrogens is 416 g/mol. The zero-order chi connectivity index (χ0) is 22.6. The Hall–Kier alpha value is -1.20. The summed E-state index contributed by atoms with van der Waals surface area (Å²) in [6, 6.07) is 21.9. The minimum absolute atomic E-state index is 0.0925. The van der Waals surface area contributed by atoms with Gasteiger partial charge in [0.2, 0.25) is 0 Å². The van der Waals surface area contributed by atoms with Crippen LogP contribution in [-0.2, 0) is 26.0 Å². The Labute approximate surface area is 198 Å². The van der Waals surface area contributed by atoms with Crippen LogP contribution >= 0.6 is 0 Å². The fourth-order valence-corrected chi connectivity index (χ4v) is 5.81. The number of ether oxygens (including phenoxy) is 1. The van der Waals surface area contributed by atoms with Crippen LogP contribution in [-0.4, -0.2) is 10.7 Å². The van der Waals surface area contributed by atoms with Crippen molar-refractivity contribution in [2.75, 3.05) is 0 Å². The molecule has 0 unspecified atom stereocenters. The minimum atomic E-state index is 0.0925. The summed E-state index contributed by atoms with van der Waals surface area (Å²) in [5.74, 6) is 1.65. The van der Waals surface area contributed by atoms with Gasteiger partial charge in [0.05, 0.1) is 0 Å². The molecule has 0 aromatic heterocycles. The average Bonchev–Trinajstić information content (AvgIpc) is 2.72. The second-order valence-corrected chi connectivity index (χ2v) is 11.9. The number of rotatable bonds is 7. The quantitative estimate of drug-likeness (QED) is 0.415. The first-order valence-electron chi connectivity index (χ1n) is 11.9. The van der Waals surface area contributed by atoms with Crippen molar-refractivity contribution in [1.29, 1.82) is 0 Å². The maximum absolute atomic E-state index is 6.79. The third kappa shape index (κ3) is 6.19. The molecule has 1 fully saturated rings. The standard InChI is InChI=1S/C29H40O.Cr/c1-22-17-18-26(29(5,6)24-15-11-8-12-16-24)27(21-22)30-20-19-25(28(2,3)4)23-13-9-7-10-14-23;/h7-16,22,25-27H,17-19,21H2,1-6H3;/t22-,25+,26-,27-;/m1./s1. The van der Waals surface area contributed by atoms with E-state index >= 15 is 0 Å². The number of benzene rings is 2. The van der Waals surface area contributed by atoms with Crippen molar-refractivity contribution < 1.29 is 20.6 Å². The Kier molecular flexibility index (Phi) is 8.01. The van der Waals surface area contributed by atoms with Crippen LogP contribution in [0, 0.1) is 17.3 Å². The van der Waals surface area contributed by atoms with Crippen molar-refractivity contribution in [3.8, 4) is 0 Å². The van der Waals surface area contributed by atoms with Crippen molar-refractivity contribution >= 4 is 4.57 Å². The summed E-state index contributed by atoms with van der Waals surface area (Å²) >= 11 is 3.32. The van der Waals surface area contributed by atoms with E-state index in [1.54, 1.807) is 0 Å². The molecule has 0 amide bonds. The first-order valence-corrected chi connectivity index (χ1v) is 12.5. The van der Waals surface area contributed by atoms with Crippen LogP contribution in [0.5, 0.6) is 0 Å². The molecule has 1 nitrogen and oxygen atoms in total. The summed E-state index contributed by atoms with van der Waals surface area (Å²) < 4.78 is 7.86. The van der Waals surface area contributed by atoms with Crippen molar-refractivity contribution in [3.05, 3.63) is 71.8 Å². The Morgan fingerprint density at radius 3 is 2.10 bits per heavy atom. The van der Waals surface area contributed by atoms with E-state index in [4.69, 9.17) is 4.74 Å². The van der Waals surface area contributed by atoms with Gasteiger partial charge in [0, 0.05) is 0 Å². The summed E-state index contributed by atoms with van der Waals surface area (Å²) in [7, 11) is 0. The number of hydrogen-bond acceptors (Lipinski definition) is 1. The van der Waals surface area contributed by atoms with Gasteiger partial charge in [-0.1, -0.05) is 0 Å². The Morgan fingerprint density at radius 2 is 1.52 bits per heavy atom. The molecule has 0 N–H and O–H groups in total. The van der Waals surface area contributed by atoms with Crippen LogP contribution in [0.3, 0.4) is 0 Å². The summed E-state index contributed by atoms with van der Waals surface area (Å²) in [6.07, 6.45) is 4.83. The molecule has 2 aromatic carbocycles. The molecule has 0 radical (unpaired) electrons. The van der Waals surface area contributed by atoms with E-state index < -0.39 is 0 Å². The van der Waals surface area contributed by atoms with Crippen LogP contribution in [0.4, 0.5) is 0 Å².